The van der Waals surface area contributed by atoms with Gasteiger partial charge in [-0.05, 0) is 39.5 Å². The van der Waals surface area contributed by atoms with Crippen molar-refractivity contribution >= 4 is 11.6 Å². The van der Waals surface area contributed by atoms with Gasteiger partial charge in [-0.3, -0.25) is 0 Å². The first kappa shape index (κ1) is 16.1. The lowest BCUT2D eigenvalue weighted by Gasteiger charge is -2.10. The summed E-state index contributed by atoms with van der Waals surface area (Å²) in [5.74, 6) is 0. The van der Waals surface area contributed by atoms with Crippen molar-refractivity contribution in [3.05, 3.63) is 132 Å². The van der Waals surface area contributed by atoms with Gasteiger partial charge in [-0.25, -0.2) is 0 Å². The lowest BCUT2D eigenvalue weighted by molar-refractivity contribution is 1.54. The zero-order valence-electron chi connectivity index (χ0n) is 14.5. The first-order chi connectivity index (χ1) is 12.9. The minimum absolute atomic E-state index is 1.21. The summed E-state index contributed by atoms with van der Waals surface area (Å²) in [5.41, 5.74) is 7.37. The van der Waals surface area contributed by atoms with Crippen molar-refractivity contribution in [1.82, 2.24) is 0 Å². The normalized spacial score (nSPS) is 11.3. The number of rotatable bonds is 4. The molecule has 26 heavy (non-hydrogen) atoms. The van der Waals surface area contributed by atoms with E-state index in [4.69, 9.17) is 0 Å². The Balaban J connectivity index is 1.76. The molecule has 0 unspecified atom stereocenters. The third-order valence-corrected chi connectivity index (χ3v) is 4.50. The minimum atomic E-state index is 1.21. The van der Waals surface area contributed by atoms with Crippen molar-refractivity contribution in [2.24, 2.45) is 0 Å². The van der Waals surface area contributed by atoms with Gasteiger partial charge in [0.1, 0.15) is 0 Å². The van der Waals surface area contributed by atoms with Gasteiger partial charge in [0.25, 0.3) is 0 Å². The molecule has 0 aromatic heterocycles. The summed E-state index contributed by atoms with van der Waals surface area (Å²) < 4.78 is 0. The monoisotopic (exact) mass is 332 g/mol. The summed E-state index contributed by atoms with van der Waals surface area (Å²) in [5, 5.41) is 0. The minimum Gasteiger partial charge on any atom is -0.0622 e. The van der Waals surface area contributed by atoms with E-state index in [0.29, 0.717) is 0 Å². The highest BCUT2D eigenvalue weighted by atomic mass is 14.1. The third-order valence-electron chi connectivity index (χ3n) is 4.50. The fraction of sp³-hybridized carbons (Fsp3) is 0. The van der Waals surface area contributed by atoms with Crippen molar-refractivity contribution in [3.63, 3.8) is 0 Å². The summed E-state index contributed by atoms with van der Waals surface area (Å²) in [6.07, 6.45) is 2.26. The van der Waals surface area contributed by atoms with Crippen molar-refractivity contribution in [1.29, 1.82) is 0 Å². The van der Waals surface area contributed by atoms with E-state index in [9.17, 15) is 0 Å². The van der Waals surface area contributed by atoms with Crippen molar-refractivity contribution < 1.29 is 0 Å². The molecule has 0 spiro atoms. The van der Waals surface area contributed by atoms with E-state index in [1.165, 1.54) is 33.4 Å². The molecule has 0 heterocycles. The highest BCUT2D eigenvalue weighted by Gasteiger charge is 2.06. The number of hydrogen-bond acceptors (Lipinski definition) is 0. The maximum absolute atomic E-state index is 2.26. The molecule has 0 nitrogen and oxygen atoms in total. The van der Waals surface area contributed by atoms with Crippen LogP contribution in [0.5, 0.6) is 0 Å². The molecule has 4 aromatic rings. The second kappa shape index (κ2) is 7.67. The Morgan fingerprint density at radius 2 is 0.885 bits per heavy atom. The zero-order valence-corrected chi connectivity index (χ0v) is 14.5. The zero-order chi connectivity index (χ0) is 17.6. The van der Waals surface area contributed by atoms with Crippen LogP contribution in [0.3, 0.4) is 0 Å². The molecule has 0 amide bonds. The lowest BCUT2D eigenvalue weighted by atomic mass is 9.94. The molecule has 0 aliphatic carbocycles. The number of benzene rings is 4. The molecular formula is C26H20. The molecule has 0 heteroatoms. The van der Waals surface area contributed by atoms with Gasteiger partial charge in [0.2, 0.25) is 0 Å². The summed E-state index contributed by atoms with van der Waals surface area (Å²) in [4.78, 5) is 0. The predicted molar refractivity (Wildman–Crippen MR) is 112 cm³/mol. The standard InChI is InChI=1S/C26H20/c1-4-10-21(11-5-1)20-26(24-14-8-3-9-15-24)25-18-16-23(17-19-25)22-12-6-2-7-13-22/h1-20H/b26-20+. The summed E-state index contributed by atoms with van der Waals surface area (Å²) in [7, 11) is 0. The van der Waals surface area contributed by atoms with E-state index in [1.807, 2.05) is 12.1 Å². The van der Waals surface area contributed by atoms with Crippen molar-refractivity contribution in [2.75, 3.05) is 0 Å². The SMILES string of the molecule is C(=C(/c1ccccc1)c1ccc(-c2ccccc2)cc1)/c1ccccc1. The van der Waals surface area contributed by atoms with Crippen LogP contribution in [0.4, 0.5) is 0 Å². The molecule has 0 saturated heterocycles. The van der Waals surface area contributed by atoms with E-state index < -0.39 is 0 Å². The van der Waals surface area contributed by atoms with Crippen LogP contribution in [0.15, 0.2) is 115 Å². The smallest absolute Gasteiger partial charge is 0.0105 e. The maximum atomic E-state index is 2.26. The summed E-state index contributed by atoms with van der Waals surface area (Å²) in [6.45, 7) is 0. The van der Waals surface area contributed by atoms with Crippen LogP contribution in [0.25, 0.3) is 22.8 Å². The van der Waals surface area contributed by atoms with E-state index >= 15 is 0 Å². The van der Waals surface area contributed by atoms with Gasteiger partial charge in [-0.1, -0.05) is 115 Å². The number of hydrogen-bond donors (Lipinski definition) is 0. The second-order valence-corrected chi connectivity index (χ2v) is 6.28. The Labute approximate surface area is 155 Å². The van der Waals surface area contributed by atoms with E-state index in [1.54, 1.807) is 0 Å². The fourth-order valence-electron chi connectivity index (χ4n) is 3.14. The largest absolute Gasteiger partial charge is 0.0622 e. The lowest BCUT2D eigenvalue weighted by Crippen LogP contribution is -1.89. The van der Waals surface area contributed by atoms with Crippen LogP contribution >= 0.6 is 0 Å². The van der Waals surface area contributed by atoms with Gasteiger partial charge in [-0.2, -0.15) is 0 Å². The van der Waals surface area contributed by atoms with Gasteiger partial charge >= 0.3 is 0 Å². The first-order valence-electron chi connectivity index (χ1n) is 8.88. The molecule has 0 bridgehead atoms. The quantitative estimate of drug-likeness (QED) is 0.355. The molecule has 0 saturated carbocycles. The maximum Gasteiger partial charge on any atom is -0.0105 e. The first-order valence-corrected chi connectivity index (χ1v) is 8.88. The molecule has 4 aromatic carbocycles. The molecule has 124 valence electrons. The van der Waals surface area contributed by atoms with Gasteiger partial charge in [0, 0.05) is 0 Å². The van der Waals surface area contributed by atoms with Crippen LogP contribution < -0.4 is 0 Å². The van der Waals surface area contributed by atoms with Crippen molar-refractivity contribution in [2.45, 2.75) is 0 Å². The Morgan fingerprint density at radius 3 is 1.50 bits per heavy atom. The molecule has 0 fully saturated rings. The van der Waals surface area contributed by atoms with Crippen LogP contribution in [-0.4, -0.2) is 0 Å². The Hall–Kier alpha value is -3.38. The predicted octanol–water partition coefficient (Wildman–Crippen LogP) is 6.94. The van der Waals surface area contributed by atoms with Crippen LogP contribution in [0.2, 0.25) is 0 Å². The second-order valence-electron chi connectivity index (χ2n) is 6.28. The van der Waals surface area contributed by atoms with Gasteiger partial charge in [-0.15, -0.1) is 0 Å². The summed E-state index contributed by atoms with van der Waals surface area (Å²) in [6, 6.07) is 40.4. The Bertz CT molecular complexity index is 980. The average Bonchev–Trinajstić information content (AvgIpc) is 2.74. The molecule has 0 radical (unpaired) electrons. The van der Waals surface area contributed by atoms with Gasteiger partial charge in [0.05, 0.1) is 0 Å². The Morgan fingerprint density at radius 1 is 0.423 bits per heavy atom. The fourth-order valence-corrected chi connectivity index (χ4v) is 3.14. The molecule has 4 rings (SSSR count). The molecule has 0 aliphatic rings. The summed E-state index contributed by atoms with van der Waals surface area (Å²) >= 11 is 0. The highest BCUT2D eigenvalue weighted by molar-refractivity contribution is 5.91. The Kier molecular flexibility index (Phi) is 4.75. The van der Waals surface area contributed by atoms with E-state index in [0.717, 1.165) is 0 Å². The van der Waals surface area contributed by atoms with Crippen LogP contribution in [-0.2, 0) is 0 Å². The molecular weight excluding hydrogens is 312 g/mol. The topological polar surface area (TPSA) is 0 Å². The van der Waals surface area contributed by atoms with Gasteiger partial charge in [0.15, 0.2) is 0 Å². The van der Waals surface area contributed by atoms with E-state index in [2.05, 4.69) is 109 Å². The molecule has 0 N–H and O–H groups in total. The van der Waals surface area contributed by atoms with Gasteiger partial charge < -0.3 is 0 Å². The highest BCUT2D eigenvalue weighted by Crippen LogP contribution is 2.28. The van der Waals surface area contributed by atoms with Crippen LogP contribution in [0.1, 0.15) is 16.7 Å². The van der Waals surface area contributed by atoms with E-state index in [-0.39, 0.29) is 0 Å². The third kappa shape index (κ3) is 3.65. The molecule has 0 atom stereocenters. The molecule has 0 aliphatic heterocycles. The van der Waals surface area contributed by atoms with Crippen LogP contribution in [0, 0.1) is 0 Å². The van der Waals surface area contributed by atoms with Crippen molar-refractivity contribution in [3.8, 4) is 11.1 Å². The average molecular weight is 332 g/mol.